The molecule has 8 heteroatoms. The molecule has 140 valence electrons. The average Bonchev–Trinajstić information content (AvgIpc) is 3.16. The normalized spacial score (nSPS) is 10.4. The molecule has 0 radical (unpaired) electrons. The largest absolute Gasteiger partial charge is 0.496 e. The van der Waals surface area contributed by atoms with E-state index in [1.54, 1.807) is 56.9 Å². The van der Waals surface area contributed by atoms with Crippen molar-refractivity contribution in [2.24, 2.45) is 0 Å². The Morgan fingerprint density at radius 1 is 0.963 bits per heavy atom. The van der Waals surface area contributed by atoms with Crippen molar-refractivity contribution in [3.05, 3.63) is 54.0 Å². The Labute approximate surface area is 155 Å². The molecular weight excluding hydrogens is 348 g/mol. The Kier molecular flexibility index (Phi) is 5.55. The molecule has 8 nitrogen and oxygen atoms in total. The van der Waals surface area contributed by atoms with Crippen molar-refractivity contribution in [2.45, 2.75) is 0 Å². The standard InChI is InChI=1S/C19H20N4O4/c1-26-15-3-4-16(27-2)17-13(15)11-14(23-17)19(25)22-10-9-21-18(24)12-5-7-20-8-6-12/h3-8,11,23H,9-10H2,1-2H3,(H,21,24)(H,22,25). The number of rotatable bonds is 7. The predicted molar refractivity (Wildman–Crippen MR) is 100 cm³/mol. The second-order valence-corrected chi connectivity index (χ2v) is 5.69. The van der Waals surface area contributed by atoms with Gasteiger partial charge >= 0.3 is 0 Å². The zero-order chi connectivity index (χ0) is 19.2. The number of nitrogens with zero attached hydrogens (tertiary/aromatic N) is 1. The minimum atomic E-state index is -0.284. The maximum Gasteiger partial charge on any atom is 0.267 e. The van der Waals surface area contributed by atoms with Crippen LogP contribution in [-0.4, -0.2) is 49.1 Å². The number of amides is 2. The molecule has 0 aliphatic carbocycles. The lowest BCUT2D eigenvalue weighted by Crippen LogP contribution is -2.34. The van der Waals surface area contributed by atoms with Crippen molar-refractivity contribution >= 4 is 22.7 Å². The van der Waals surface area contributed by atoms with Gasteiger partial charge in [-0.05, 0) is 30.3 Å². The fourth-order valence-electron chi connectivity index (χ4n) is 2.69. The van der Waals surface area contributed by atoms with Crippen LogP contribution in [-0.2, 0) is 0 Å². The number of aromatic nitrogens is 2. The second kappa shape index (κ2) is 8.22. The van der Waals surface area contributed by atoms with E-state index in [1.807, 2.05) is 0 Å². The van der Waals surface area contributed by atoms with Crippen LogP contribution < -0.4 is 20.1 Å². The van der Waals surface area contributed by atoms with E-state index < -0.39 is 0 Å². The van der Waals surface area contributed by atoms with E-state index in [0.29, 0.717) is 41.4 Å². The zero-order valence-corrected chi connectivity index (χ0v) is 15.0. The lowest BCUT2D eigenvalue weighted by Gasteiger charge is -2.06. The molecule has 0 saturated heterocycles. The Bertz CT molecular complexity index is 912. The minimum Gasteiger partial charge on any atom is -0.496 e. The van der Waals surface area contributed by atoms with Gasteiger partial charge < -0.3 is 25.1 Å². The highest BCUT2D eigenvalue weighted by Gasteiger charge is 2.15. The van der Waals surface area contributed by atoms with Crippen LogP contribution in [0.25, 0.3) is 10.9 Å². The molecule has 0 aliphatic heterocycles. The number of nitrogens with one attached hydrogen (secondary N) is 3. The predicted octanol–water partition coefficient (Wildman–Crippen LogP) is 1.74. The number of carbonyl (C=O) groups excluding carboxylic acids is 2. The molecule has 0 fully saturated rings. The quantitative estimate of drug-likeness (QED) is 0.551. The molecule has 0 bridgehead atoms. The van der Waals surface area contributed by atoms with Gasteiger partial charge in [-0.25, -0.2) is 0 Å². The van der Waals surface area contributed by atoms with Crippen LogP contribution in [0.3, 0.4) is 0 Å². The minimum absolute atomic E-state index is 0.216. The molecule has 0 saturated carbocycles. The van der Waals surface area contributed by atoms with Crippen molar-refractivity contribution in [3.63, 3.8) is 0 Å². The van der Waals surface area contributed by atoms with Crippen molar-refractivity contribution in [1.29, 1.82) is 0 Å². The van der Waals surface area contributed by atoms with Crippen LogP contribution in [0.4, 0.5) is 0 Å². The Morgan fingerprint density at radius 2 is 1.59 bits per heavy atom. The number of hydrogen-bond donors (Lipinski definition) is 3. The summed E-state index contributed by atoms with van der Waals surface area (Å²) in [5, 5.41) is 6.26. The first kappa shape index (κ1) is 18.2. The molecule has 0 spiro atoms. The number of benzene rings is 1. The van der Waals surface area contributed by atoms with E-state index in [9.17, 15) is 9.59 Å². The van der Waals surface area contributed by atoms with E-state index in [0.717, 1.165) is 5.39 Å². The van der Waals surface area contributed by atoms with Crippen molar-refractivity contribution in [1.82, 2.24) is 20.6 Å². The van der Waals surface area contributed by atoms with E-state index in [1.165, 1.54) is 0 Å². The number of H-pyrrole nitrogens is 1. The van der Waals surface area contributed by atoms with Gasteiger partial charge in [0.1, 0.15) is 17.2 Å². The van der Waals surface area contributed by atoms with E-state index in [4.69, 9.17) is 9.47 Å². The third kappa shape index (κ3) is 4.00. The van der Waals surface area contributed by atoms with Gasteiger partial charge in [-0.1, -0.05) is 0 Å². The maximum atomic E-state index is 12.4. The molecule has 2 amide bonds. The van der Waals surface area contributed by atoms with Crippen molar-refractivity contribution in [2.75, 3.05) is 27.3 Å². The number of ether oxygens (including phenoxy) is 2. The summed E-state index contributed by atoms with van der Waals surface area (Å²) in [7, 11) is 3.13. The first-order valence-electron chi connectivity index (χ1n) is 8.34. The van der Waals surface area contributed by atoms with Crippen LogP contribution in [0.15, 0.2) is 42.7 Å². The van der Waals surface area contributed by atoms with E-state index in [2.05, 4.69) is 20.6 Å². The number of fused-ring (bicyclic) bond motifs is 1. The molecule has 3 aromatic rings. The van der Waals surface area contributed by atoms with Crippen LogP contribution >= 0.6 is 0 Å². The summed E-state index contributed by atoms with van der Waals surface area (Å²) in [5.74, 6) is 0.764. The van der Waals surface area contributed by atoms with Crippen LogP contribution in [0.1, 0.15) is 20.8 Å². The van der Waals surface area contributed by atoms with E-state index >= 15 is 0 Å². The average molecular weight is 368 g/mol. The third-order valence-electron chi connectivity index (χ3n) is 4.04. The summed E-state index contributed by atoms with van der Waals surface area (Å²) in [5.41, 5.74) is 1.59. The SMILES string of the molecule is COc1ccc(OC)c2[nH]c(C(=O)NCCNC(=O)c3ccncc3)cc12. The molecule has 2 aromatic heterocycles. The van der Waals surface area contributed by atoms with Crippen molar-refractivity contribution in [3.8, 4) is 11.5 Å². The van der Waals surface area contributed by atoms with Crippen molar-refractivity contribution < 1.29 is 19.1 Å². The Balaban J connectivity index is 1.60. The first-order chi connectivity index (χ1) is 13.1. The Morgan fingerprint density at radius 3 is 2.26 bits per heavy atom. The lowest BCUT2D eigenvalue weighted by molar-refractivity contribution is 0.0925. The van der Waals surface area contributed by atoms with Gasteiger partial charge in [0, 0.05) is 36.4 Å². The fraction of sp³-hybridized carbons (Fsp3) is 0.211. The molecule has 3 N–H and O–H groups in total. The zero-order valence-electron chi connectivity index (χ0n) is 15.0. The molecule has 1 aromatic carbocycles. The van der Waals surface area contributed by atoms with Gasteiger partial charge in [0.2, 0.25) is 0 Å². The van der Waals surface area contributed by atoms with Gasteiger partial charge in [-0.15, -0.1) is 0 Å². The highest BCUT2D eigenvalue weighted by Crippen LogP contribution is 2.33. The third-order valence-corrected chi connectivity index (χ3v) is 4.04. The summed E-state index contributed by atoms with van der Waals surface area (Å²) in [4.78, 5) is 31.2. The number of aromatic amines is 1. The number of pyridine rings is 1. The second-order valence-electron chi connectivity index (χ2n) is 5.69. The summed E-state index contributed by atoms with van der Waals surface area (Å²) >= 11 is 0. The molecule has 0 unspecified atom stereocenters. The number of carbonyl (C=O) groups is 2. The molecular formula is C19H20N4O4. The van der Waals surface area contributed by atoms with Gasteiger partial charge in [0.15, 0.2) is 0 Å². The topological polar surface area (TPSA) is 105 Å². The molecule has 3 rings (SSSR count). The van der Waals surface area contributed by atoms with Gasteiger partial charge in [0.25, 0.3) is 11.8 Å². The summed E-state index contributed by atoms with van der Waals surface area (Å²) in [6, 6.07) is 8.51. The van der Waals surface area contributed by atoms with Crippen LogP contribution in [0.5, 0.6) is 11.5 Å². The first-order valence-corrected chi connectivity index (χ1v) is 8.34. The van der Waals surface area contributed by atoms with Crippen LogP contribution in [0.2, 0.25) is 0 Å². The number of methoxy groups -OCH3 is 2. The van der Waals surface area contributed by atoms with Crippen LogP contribution in [0, 0.1) is 0 Å². The lowest BCUT2D eigenvalue weighted by atomic mass is 10.2. The molecule has 27 heavy (non-hydrogen) atoms. The highest BCUT2D eigenvalue weighted by atomic mass is 16.5. The van der Waals surface area contributed by atoms with Gasteiger partial charge in [0.05, 0.1) is 19.7 Å². The van der Waals surface area contributed by atoms with Gasteiger partial charge in [-0.3, -0.25) is 14.6 Å². The highest BCUT2D eigenvalue weighted by molar-refractivity contribution is 6.01. The monoisotopic (exact) mass is 368 g/mol. The number of hydrogen-bond acceptors (Lipinski definition) is 5. The molecule has 0 aliphatic rings. The smallest absolute Gasteiger partial charge is 0.267 e. The Hall–Kier alpha value is -3.55. The van der Waals surface area contributed by atoms with Gasteiger partial charge in [-0.2, -0.15) is 0 Å². The molecule has 2 heterocycles. The van der Waals surface area contributed by atoms with E-state index in [-0.39, 0.29) is 11.8 Å². The maximum absolute atomic E-state index is 12.4. The molecule has 0 atom stereocenters. The summed E-state index contributed by atoms with van der Waals surface area (Å²) in [6.45, 7) is 0.596. The fourth-order valence-corrected chi connectivity index (χ4v) is 2.69. The summed E-state index contributed by atoms with van der Waals surface area (Å²) in [6.07, 6.45) is 3.10. The summed E-state index contributed by atoms with van der Waals surface area (Å²) < 4.78 is 10.6.